The second-order valence-corrected chi connectivity index (χ2v) is 6.12. The number of aromatic carboxylic acids is 1. The highest BCUT2D eigenvalue weighted by atomic mass is 19.1. The number of hydrogen-bond acceptors (Lipinski definition) is 4. The van der Waals surface area contributed by atoms with E-state index in [1.807, 2.05) is 0 Å². The van der Waals surface area contributed by atoms with Crippen LogP contribution in [0.5, 0.6) is 5.75 Å². The van der Waals surface area contributed by atoms with Crippen molar-refractivity contribution in [2.45, 2.75) is 18.6 Å². The predicted molar refractivity (Wildman–Crippen MR) is 90.5 cm³/mol. The molecular formula is C19H18FNO5. The van der Waals surface area contributed by atoms with E-state index in [1.165, 1.54) is 35.2 Å². The fraction of sp³-hybridized carbons (Fsp3) is 0.263. The molecule has 0 spiro atoms. The number of amides is 1. The molecule has 1 heterocycles. The van der Waals surface area contributed by atoms with E-state index < -0.39 is 24.0 Å². The Hall–Kier alpha value is -2.93. The maximum absolute atomic E-state index is 13.7. The van der Waals surface area contributed by atoms with E-state index in [9.17, 15) is 19.1 Å². The van der Waals surface area contributed by atoms with Crippen molar-refractivity contribution in [3.8, 4) is 5.75 Å². The molecule has 2 aromatic rings. The van der Waals surface area contributed by atoms with Gasteiger partial charge in [0.25, 0.3) is 0 Å². The number of carbonyl (C=O) groups is 2. The van der Waals surface area contributed by atoms with E-state index in [0.29, 0.717) is 11.3 Å². The Morgan fingerprint density at radius 2 is 1.81 bits per heavy atom. The summed E-state index contributed by atoms with van der Waals surface area (Å²) in [7, 11) is 0. The molecule has 0 aromatic heterocycles. The van der Waals surface area contributed by atoms with Gasteiger partial charge < -0.3 is 19.8 Å². The average Bonchev–Trinajstić information content (AvgIpc) is 2.98. The van der Waals surface area contributed by atoms with Gasteiger partial charge in [-0.1, -0.05) is 18.2 Å². The Kier molecular flexibility index (Phi) is 5.18. The van der Waals surface area contributed by atoms with Crippen LogP contribution in [0.3, 0.4) is 0 Å². The number of rotatable bonds is 5. The molecule has 136 valence electrons. The standard InChI is InChI=1S/C19H18FNO5/c20-15-4-2-1-3-13(15)9-18(23)21-10-16(22)17(11-21)26-14-7-5-12(6-8-14)19(24)25/h1-8,16-17,22H,9-11H2,(H,24,25)/t16-,17-/m1/s1. The van der Waals surface area contributed by atoms with Gasteiger partial charge in [0.05, 0.1) is 25.1 Å². The van der Waals surface area contributed by atoms with Gasteiger partial charge in [0.1, 0.15) is 23.8 Å². The minimum absolute atomic E-state index is 0.0839. The zero-order chi connectivity index (χ0) is 18.7. The van der Waals surface area contributed by atoms with E-state index in [0.717, 1.165) is 0 Å². The van der Waals surface area contributed by atoms with Gasteiger partial charge in [0.2, 0.25) is 5.91 Å². The van der Waals surface area contributed by atoms with Gasteiger partial charge in [-0.15, -0.1) is 0 Å². The zero-order valence-corrected chi connectivity index (χ0v) is 13.8. The minimum atomic E-state index is -1.04. The van der Waals surface area contributed by atoms with Crippen molar-refractivity contribution in [1.29, 1.82) is 0 Å². The Bertz CT molecular complexity index is 808. The summed E-state index contributed by atoms with van der Waals surface area (Å²) in [5, 5.41) is 19.0. The molecular weight excluding hydrogens is 341 g/mol. The van der Waals surface area contributed by atoms with Gasteiger partial charge in [0.15, 0.2) is 0 Å². The van der Waals surface area contributed by atoms with Crippen molar-refractivity contribution in [3.05, 3.63) is 65.5 Å². The number of nitrogens with zero attached hydrogens (tertiary/aromatic N) is 1. The van der Waals surface area contributed by atoms with Gasteiger partial charge in [-0.3, -0.25) is 4.79 Å². The lowest BCUT2D eigenvalue weighted by molar-refractivity contribution is -0.130. The molecule has 2 N–H and O–H groups in total. The predicted octanol–water partition coefficient (Wildman–Crippen LogP) is 1.72. The summed E-state index contributed by atoms with van der Waals surface area (Å²) in [6.07, 6.45) is -1.59. The highest BCUT2D eigenvalue weighted by molar-refractivity contribution is 5.87. The second kappa shape index (κ2) is 7.53. The topological polar surface area (TPSA) is 87.1 Å². The Morgan fingerprint density at radius 1 is 1.12 bits per heavy atom. The minimum Gasteiger partial charge on any atom is -0.486 e. The molecule has 0 unspecified atom stereocenters. The SMILES string of the molecule is O=C(O)c1ccc(O[C@@H]2CN(C(=O)Cc3ccccc3F)C[C@H]2O)cc1. The molecule has 3 rings (SSSR count). The zero-order valence-electron chi connectivity index (χ0n) is 13.8. The van der Waals surface area contributed by atoms with E-state index >= 15 is 0 Å². The Morgan fingerprint density at radius 3 is 2.46 bits per heavy atom. The number of carbonyl (C=O) groups excluding carboxylic acids is 1. The summed E-state index contributed by atoms with van der Waals surface area (Å²) < 4.78 is 19.3. The molecule has 7 heteroatoms. The van der Waals surface area contributed by atoms with Gasteiger partial charge in [0, 0.05) is 0 Å². The van der Waals surface area contributed by atoms with Crippen LogP contribution >= 0.6 is 0 Å². The van der Waals surface area contributed by atoms with Crippen LogP contribution in [0.15, 0.2) is 48.5 Å². The van der Waals surface area contributed by atoms with Gasteiger partial charge in [-0.2, -0.15) is 0 Å². The van der Waals surface area contributed by atoms with Gasteiger partial charge >= 0.3 is 5.97 Å². The van der Waals surface area contributed by atoms with Crippen molar-refractivity contribution in [3.63, 3.8) is 0 Å². The fourth-order valence-corrected chi connectivity index (χ4v) is 2.84. The van der Waals surface area contributed by atoms with E-state index in [2.05, 4.69) is 0 Å². The first-order valence-electron chi connectivity index (χ1n) is 8.13. The third-order valence-electron chi connectivity index (χ3n) is 4.28. The molecule has 2 aromatic carbocycles. The third kappa shape index (κ3) is 4.00. The average molecular weight is 359 g/mol. The van der Waals surface area contributed by atoms with Crippen molar-refractivity contribution in [1.82, 2.24) is 4.90 Å². The number of benzene rings is 2. The first-order chi connectivity index (χ1) is 12.4. The molecule has 1 aliphatic heterocycles. The summed E-state index contributed by atoms with van der Waals surface area (Å²) in [4.78, 5) is 24.6. The van der Waals surface area contributed by atoms with E-state index in [-0.39, 0.29) is 31.0 Å². The van der Waals surface area contributed by atoms with Crippen LogP contribution in [-0.2, 0) is 11.2 Å². The second-order valence-electron chi connectivity index (χ2n) is 6.12. The molecule has 0 aliphatic carbocycles. The lowest BCUT2D eigenvalue weighted by atomic mass is 10.1. The smallest absolute Gasteiger partial charge is 0.335 e. The number of hydrogen-bond donors (Lipinski definition) is 2. The van der Waals surface area contributed by atoms with Gasteiger partial charge in [-0.25, -0.2) is 9.18 Å². The summed E-state index contributed by atoms with van der Waals surface area (Å²) in [5.41, 5.74) is 0.437. The lowest BCUT2D eigenvalue weighted by Gasteiger charge is -2.17. The largest absolute Gasteiger partial charge is 0.486 e. The first kappa shape index (κ1) is 17.9. The molecule has 0 bridgehead atoms. The normalized spacial score (nSPS) is 19.4. The molecule has 2 atom stereocenters. The highest BCUT2D eigenvalue weighted by Gasteiger charge is 2.35. The Labute approximate surface area is 149 Å². The molecule has 1 fully saturated rings. The van der Waals surface area contributed by atoms with Gasteiger partial charge in [-0.05, 0) is 35.9 Å². The van der Waals surface area contributed by atoms with Crippen LogP contribution in [0.25, 0.3) is 0 Å². The van der Waals surface area contributed by atoms with Crippen LogP contribution in [0.2, 0.25) is 0 Å². The number of aliphatic hydroxyl groups is 1. The molecule has 26 heavy (non-hydrogen) atoms. The van der Waals surface area contributed by atoms with Crippen LogP contribution in [0.1, 0.15) is 15.9 Å². The number of likely N-dealkylation sites (tertiary alicyclic amines) is 1. The van der Waals surface area contributed by atoms with E-state index in [4.69, 9.17) is 9.84 Å². The molecule has 6 nitrogen and oxygen atoms in total. The summed E-state index contributed by atoms with van der Waals surface area (Å²) >= 11 is 0. The number of ether oxygens (including phenoxy) is 1. The van der Waals surface area contributed by atoms with E-state index in [1.54, 1.807) is 18.2 Å². The molecule has 1 saturated heterocycles. The molecule has 1 aliphatic rings. The van der Waals surface area contributed by atoms with Crippen LogP contribution in [0.4, 0.5) is 4.39 Å². The quantitative estimate of drug-likeness (QED) is 0.849. The van der Waals surface area contributed by atoms with Crippen LogP contribution in [0, 0.1) is 5.82 Å². The van der Waals surface area contributed by atoms with Crippen molar-refractivity contribution < 1.29 is 28.9 Å². The van der Waals surface area contributed by atoms with Crippen molar-refractivity contribution >= 4 is 11.9 Å². The highest BCUT2D eigenvalue weighted by Crippen LogP contribution is 2.21. The monoisotopic (exact) mass is 359 g/mol. The lowest BCUT2D eigenvalue weighted by Crippen LogP contribution is -2.32. The summed E-state index contributed by atoms with van der Waals surface area (Å²) in [6.45, 7) is 0.278. The Balaban J connectivity index is 1.61. The fourth-order valence-electron chi connectivity index (χ4n) is 2.84. The number of β-amino-alcohol motifs (C(OH)–C–C–N with tert-alkyl or cyclic N) is 1. The summed E-state index contributed by atoms with van der Waals surface area (Å²) in [5.74, 6) is -1.36. The third-order valence-corrected chi connectivity index (χ3v) is 4.28. The van der Waals surface area contributed by atoms with Crippen LogP contribution in [-0.4, -0.2) is 52.3 Å². The summed E-state index contributed by atoms with van der Waals surface area (Å²) in [6, 6.07) is 11.9. The number of carboxylic acids is 1. The maximum Gasteiger partial charge on any atom is 0.335 e. The number of carboxylic acid groups (broad SMARTS) is 1. The molecule has 0 saturated carbocycles. The number of halogens is 1. The first-order valence-corrected chi connectivity index (χ1v) is 8.13. The molecule has 1 amide bonds. The number of aliphatic hydroxyl groups excluding tert-OH is 1. The van der Waals surface area contributed by atoms with Crippen LogP contribution < -0.4 is 4.74 Å². The maximum atomic E-state index is 13.7. The van der Waals surface area contributed by atoms with Crippen molar-refractivity contribution in [2.24, 2.45) is 0 Å². The van der Waals surface area contributed by atoms with Crippen molar-refractivity contribution in [2.75, 3.05) is 13.1 Å². The molecule has 0 radical (unpaired) electrons.